The molecule has 2 N–H and O–H groups in total. The zero-order valence-electron chi connectivity index (χ0n) is 10.6. The van der Waals surface area contributed by atoms with Gasteiger partial charge in [0.1, 0.15) is 4.90 Å². The van der Waals surface area contributed by atoms with Gasteiger partial charge in [-0.1, -0.05) is 36.0 Å². The third kappa shape index (κ3) is 2.84. The van der Waals surface area contributed by atoms with Gasteiger partial charge in [0.05, 0.1) is 10.7 Å². The number of hydrogen-bond donors (Lipinski definition) is 1. The van der Waals surface area contributed by atoms with Gasteiger partial charge in [-0.3, -0.25) is 0 Å². The quantitative estimate of drug-likeness (QED) is 0.869. The highest BCUT2D eigenvalue weighted by Gasteiger charge is 2.32. The molecule has 2 rings (SSSR count). The van der Waals surface area contributed by atoms with Crippen LogP contribution in [0.3, 0.4) is 0 Å². The molecule has 0 unspecified atom stereocenters. The molecule has 0 atom stereocenters. The molecule has 4 nitrogen and oxygen atoms in total. The summed E-state index contributed by atoms with van der Waals surface area (Å²) < 4.78 is 26.6. The summed E-state index contributed by atoms with van der Waals surface area (Å²) in [6.07, 6.45) is 3.85. The third-order valence-electron chi connectivity index (χ3n) is 3.51. The Morgan fingerprint density at radius 3 is 2.37 bits per heavy atom. The van der Waals surface area contributed by atoms with Crippen LogP contribution in [0, 0.1) is 0 Å². The molecule has 19 heavy (non-hydrogen) atoms. The second-order valence-corrected chi connectivity index (χ2v) is 7.54. The van der Waals surface area contributed by atoms with Crippen molar-refractivity contribution in [1.82, 2.24) is 4.31 Å². The second kappa shape index (κ2) is 5.48. The van der Waals surface area contributed by atoms with Crippen molar-refractivity contribution < 1.29 is 8.42 Å². The van der Waals surface area contributed by atoms with Crippen LogP contribution in [0.15, 0.2) is 17.0 Å². The molecule has 0 aromatic heterocycles. The molecule has 0 aliphatic heterocycles. The van der Waals surface area contributed by atoms with Crippen molar-refractivity contribution in [1.29, 1.82) is 0 Å². The van der Waals surface area contributed by atoms with Gasteiger partial charge < -0.3 is 5.73 Å². The highest BCUT2D eigenvalue weighted by Crippen LogP contribution is 2.35. The summed E-state index contributed by atoms with van der Waals surface area (Å²) in [5.41, 5.74) is 5.86. The molecule has 0 heterocycles. The number of nitrogen functional groups attached to an aromatic ring is 1. The minimum absolute atomic E-state index is 0.0242. The summed E-state index contributed by atoms with van der Waals surface area (Å²) in [6, 6.07) is 2.83. The van der Waals surface area contributed by atoms with E-state index in [9.17, 15) is 8.42 Å². The van der Waals surface area contributed by atoms with Crippen LogP contribution in [0.2, 0.25) is 10.0 Å². The maximum atomic E-state index is 12.6. The van der Waals surface area contributed by atoms with Gasteiger partial charge in [-0.2, -0.15) is 4.31 Å². The monoisotopic (exact) mass is 322 g/mol. The predicted molar refractivity (Wildman–Crippen MR) is 78.1 cm³/mol. The van der Waals surface area contributed by atoms with E-state index < -0.39 is 10.0 Å². The summed E-state index contributed by atoms with van der Waals surface area (Å²) in [5.74, 6) is 0. The van der Waals surface area contributed by atoms with Gasteiger partial charge in [-0.05, 0) is 25.0 Å². The van der Waals surface area contributed by atoms with Crippen LogP contribution in [0.5, 0.6) is 0 Å². The summed E-state index contributed by atoms with van der Waals surface area (Å²) in [7, 11) is -2.10. The van der Waals surface area contributed by atoms with Crippen LogP contribution in [0.25, 0.3) is 0 Å². The molecule has 1 fully saturated rings. The van der Waals surface area contributed by atoms with Crippen molar-refractivity contribution in [2.24, 2.45) is 0 Å². The Morgan fingerprint density at radius 1 is 1.26 bits per heavy atom. The van der Waals surface area contributed by atoms with E-state index in [1.54, 1.807) is 7.05 Å². The lowest BCUT2D eigenvalue weighted by atomic mass is 10.3. The molecule has 1 saturated carbocycles. The Kier molecular flexibility index (Phi) is 4.30. The van der Waals surface area contributed by atoms with E-state index in [-0.39, 0.29) is 21.6 Å². The minimum atomic E-state index is -3.68. The normalized spacial score (nSPS) is 17.3. The average Bonchev–Trinajstić information content (AvgIpc) is 2.78. The number of sulfonamides is 1. The summed E-state index contributed by atoms with van der Waals surface area (Å²) in [6.45, 7) is 0. The molecule has 0 spiro atoms. The summed E-state index contributed by atoms with van der Waals surface area (Å²) in [4.78, 5) is -0.0482. The van der Waals surface area contributed by atoms with Crippen LogP contribution in [0.1, 0.15) is 25.7 Å². The molecule has 1 aliphatic carbocycles. The topological polar surface area (TPSA) is 63.4 Å². The van der Waals surface area contributed by atoms with Crippen molar-refractivity contribution in [3.8, 4) is 0 Å². The Hall–Kier alpha value is -0.490. The van der Waals surface area contributed by atoms with E-state index in [1.807, 2.05) is 0 Å². The highest BCUT2D eigenvalue weighted by molar-refractivity contribution is 7.89. The molecule has 0 radical (unpaired) electrons. The number of halogens is 2. The van der Waals surface area contributed by atoms with Crippen LogP contribution in [0.4, 0.5) is 5.69 Å². The van der Waals surface area contributed by atoms with Crippen molar-refractivity contribution >= 4 is 38.9 Å². The molecule has 0 amide bonds. The third-order valence-corrected chi connectivity index (χ3v) is 6.17. The second-order valence-electron chi connectivity index (χ2n) is 4.77. The fourth-order valence-electron chi connectivity index (χ4n) is 2.46. The van der Waals surface area contributed by atoms with E-state index in [2.05, 4.69) is 0 Å². The molecule has 0 saturated heterocycles. The number of nitrogens with zero attached hydrogens (tertiary/aromatic N) is 1. The SMILES string of the molecule is CN(C1CCCC1)S(=O)(=O)c1c(N)cc(Cl)cc1Cl. The van der Waals surface area contributed by atoms with E-state index >= 15 is 0 Å². The van der Waals surface area contributed by atoms with E-state index in [0.717, 1.165) is 25.7 Å². The zero-order valence-corrected chi connectivity index (χ0v) is 12.9. The molecule has 106 valence electrons. The Labute approximate surface area is 123 Å². The van der Waals surface area contributed by atoms with Crippen molar-refractivity contribution in [2.45, 2.75) is 36.6 Å². The molecular formula is C12H16Cl2N2O2S. The molecule has 7 heteroatoms. The zero-order chi connectivity index (χ0) is 14.2. The lowest BCUT2D eigenvalue weighted by Crippen LogP contribution is -2.35. The van der Waals surface area contributed by atoms with Crippen molar-refractivity contribution in [3.05, 3.63) is 22.2 Å². The largest absolute Gasteiger partial charge is 0.398 e. The van der Waals surface area contributed by atoms with E-state index in [0.29, 0.717) is 5.02 Å². The molecule has 0 bridgehead atoms. The standard InChI is InChI=1S/C12H16Cl2N2O2S/c1-16(9-4-2-3-5-9)19(17,18)12-10(14)6-8(13)7-11(12)15/h6-7,9H,2-5,15H2,1H3. The molecule has 1 aromatic rings. The number of rotatable bonds is 3. The van der Waals surface area contributed by atoms with Gasteiger partial charge in [0.25, 0.3) is 0 Å². The van der Waals surface area contributed by atoms with E-state index in [1.165, 1.54) is 16.4 Å². The molecular weight excluding hydrogens is 307 g/mol. The van der Waals surface area contributed by atoms with Gasteiger partial charge in [0.2, 0.25) is 10.0 Å². The lowest BCUT2D eigenvalue weighted by Gasteiger charge is -2.24. The number of benzene rings is 1. The fourth-order valence-corrected chi connectivity index (χ4v) is 4.82. The smallest absolute Gasteiger partial charge is 0.246 e. The Bertz CT molecular complexity index is 560. The molecule has 1 aromatic carbocycles. The minimum Gasteiger partial charge on any atom is -0.398 e. The van der Waals surface area contributed by atoms with Crippen molar-refractivity contribution in [2.75, 3.05) is 12.8 Å². The number of nitrogens with two attached hydrogens (primary N) is 1. The summed E-state index contributed by atoms with van der Waals surface area (Å²) >= 11 is 11.8. The lowest BCUT2D eigenvalue weighted by molar-refractivity contribution is 0.373. The van der Waals surface area contributed by atoms with Gasteiger partial charge in [0.15, 0.2) is 0 Å². The first kappa shape index (κ1) is 14.9. The van der Waals surface area contributed by atoms with Gasteiger partial charge in [-0.25, -0.2) is 8.42 Å². The van der Waals surface area contributed by atoms with E-state index in [4.69, 9.17) is 28.9 Å². The first-order valence-electron chi connectivity index (χ1n) is 6.06. The maximum absolute atomic E-state index is 12.6. The number of anilines is 1. The predicted octanol–water partition coefficient (Wildman–Crippen LogP) is 3.14. The fraction of sp³-hybridized carbons (Fsp3) is 0.500. The van der Waals surface area contributed by atoms with Crippen LogP contribution >= 0.6 is 23.2 Å². The van der Waals surface area contributed by atoms with Crippen LogP contribution < -0.4 is 5.73 Å². The van der Waals surface area contributed by atoms with Crippen molar-refractivity contribution in [3.63, 3.8) is 0 Å². The molecule has 1 aliphatic rings. The first-order chi connectivity index (χ1) is 8.84. The first-order valence-corrected chi connectivity index (χ1v) is 8.26. The van der Waals surface area contributed by atoms with Crippen LogP contribution in [-0.4, -0.2) is 25.8 Å². The van der Waals surface area contributed by atoms with Gasteiger partial charge >= 0.3 is 0 Å². The Morgan fingerprint density at radius 2 is 1.84 bits per heavy atom. The maximum Gasteiger partial charge on any atom is 0.246 e. The van der Waals surface area contributed by atoms with Gasteiger partial charge in [0, 0.05) is 18.1 Å². The Balaban J connectivity index is 2.44. The summed E-state index contributed by atoms with van der Waals surface area (Å²) in [5, 5.41) is 0.389. The highest BCUT2D eigenvalue weighted by atomic mass is 35.5. The van der Waals surface area contributed by atoms with Gasteiger partial charge in [-0.15, -0.1) is 0 Å². The van der Waals surface area contributed by atoms with Crippen LogP contribution in [-0.2, 0) is 10.0 Å². The number of hydrogen-bond acceptors (Lipinski definition) is 3. The average molecular weight is 323 g/mol.